The predicted molar refractivity (Wildman–Crippen MR) is 200 cm³/mol. The number of nitrogens with two attached hydrogens (primary N) is 1. The zero-order chi connectivity index (χ0) is 38.5. The Bertz CT molecular complexity index is 1800. The quantitative estimate of drug-likeness (QED) is 0.160. The Balaban J connectivity index is 1.70. The lowest BCUT2D eigenvalue weighted by atomic mass is 9.85. The van der Waals surface area contributed by atoms with Gasteiger partial charge in [-0.2, -0.15) is 4.98 Å². The predicted octanol–water partition coefficient (Wildman–Crippen LogP) is 3.77. The zero-order valence-electron chi connectivity index (χ0n) is 31.3. The van der Waals surface area contributed by atoms with Crippen LogP contribution in [0.5, 0.6) is 5.88 Å². The molecule has 15 nitrogen and oxygen atoms in total. The highest BCUT2D eigenvalue weighted by Gasteiger charge is 2.46. The van der Waals surface area contributed by atoms with E-state index >= 15 is 0 Å². The van der Waals surface area contributed by atoms with E-state index in [1.807, 2.05) is 79.0 Å². The van der Waals surface area contributed by atoms with Gasteiger partial charge in [0.15, 0.2) is 5.82 Å². The summed E-state index contributed by atoms with van der Waals surface area (Å²) in [7, 11) is 0. The van der Waals surface area contributed by atoms with Gasteiger partial charge >= 0.3 is 6.03 Å². The molecule has 0 aliphatic carbocycles. The molecule has 6 N–H and O–H groups in total. The number of likely N-dealkylation sites (tertiary alicyclic amines) is 1. The fourth-order valence-corrected chi connectivity index (χ4v) is 6.58. The van der Waals surface area contributed by atoms with Crippen molar-refractivity contribution in [1.82, 2.24) is 35.8 Å². The molecular weight excluding hydrogens is 687 g/mol. The number of primary amides is 1. The van der Waals surface area contributed by atoms with E-state index in [1.165, 1.54) is 16.2 Å². The topological polar surface area (TPSA) is 211 Å². The second kappa shape index (κ2) is 16.2. The molecule has 4 atom stereocenters. The van der Waals surface area contributed by atoms with Gasteiger partial charge in [-0.05, 0) is 70.0 Å². The summed E-state index contributed by atoms with van der Waals surface area (Å²) >= 11 is 1.39. The molecule has 1 aliphatic heterocycles. The number of ether oxygens (including phenoxy) is 1. The first-order valence-corrected chi connectivity index (χ1v) is 18.3. The molecule has 16 heteroatoms. The highest BCUT2D eigenvalue weighted by molar-refractivity contribution is 7.17. The van der Waals surface area contributed by atoms with E-state index in [2.05, 4.69) is 26.3 Å². The number of carbonyl (C=O) groups is 5. The number of anilines is 1. The number of thiophene rings is 1. The smallest absolute Gasteiger partial charge is 0.315 e. The minimum Gasteiger partial charge on any atom is -0.471 e. The number of pyridine rings is 1. The monoisotopic (exact) mass is 737 g/mol. The largest absolute Gasteiger partial charge is 0.471 e. The van der Waals surface area contributed by atoms with Crippen LogP contribution in [0.3, 0.4) is 0 Å². The maximum Gasteiger partial charge on any atom is 0.315 e. The molecule has 1 fully saturated rings. The number of rotatable bonds is 13. The van der Waals surface area contributed by atoms with E-state index in [0.717, 1.165) is 0 Å². The fourth-order valence-electron chi connectivity index (χ4n) is 5.82. The van der Waals surface area contributed by atoms with Crippen LogP contribution in [-0.4, -0.2) is 91.7 Å². The second-order valence-electron chi connectivity index (χ2n) is 15.4. The second-order valence-corrected chi connectivity index (χ2v) is 16.3. The Kier molecular flexibility index (Phi) is 12.4. The summed E-state index contributed by atoms with van der Waals surface area (Å²) in [6.45, 7) is 16.7. The zero-order valence-corrected chi connectivity index (χ0v) is 32.1. The van der Waals surface area contributed by atoms with Crippen molar-refractivity contribution in [3.63, 3.8) is 0 Å². The molecule has 0 unspecified atom stereocenters. The van der Waals surface area contributed by atoms with Crippen molar-refractivity contribution < 1.29 is 28.7 Å². The van der Waals surface area contributed by atoms with Crippen molar-refractivity contribution in [3.05, 3.63) is 29.6 Å². The van der Waals surface area contributed by atoms with Crippen LogP contribution in [0.4, 0.5) is 10.6 Å². The molecule has 0 bridgehead atoms. The molecule has 1 saturated heterocycles. The number of carbonyl (C=O) groups excluding carboxylic acids is 5. The van der Waals surface area contributed by atoms with Gasteiger partial charge in [-0.1, -0.05) is 40.2 Å². The summed E-state index contributed by atoms with van der Waals surface area (Å²) in [4.78, 5) is 81.4. The summed E-state index contributed by atoms with van der Waals surface area (Å²) < 4.78 is 7.19. The van der Waals surface area contributed by atoms with Crippen LogP contribution in [0.25, 0.3) is 21.7 Å². The lowest BCUT2D eigenvalue weighted by Gasteiger charge is -2.36. The van der Waals surface area contributed by atoms with Gasteiger partial charge in [0, 0.05) is 18.0 Å². The highest BCUT2D eigenvalue weighted by atomic mass is 32.1. The summed E-state index contributed by atoms with van der Waals surface area (Å²) in [5, 5.41) is 13.4. The van der Waals surface area contributed by atoms with E-state index in [0.29, 0.717) is 34.0 Å². The number of fused-ring (bicyclic) bond motifs is 1. The molecule has 0 saturated carbocycles. The molecule has 1 aliphatic rings. The maximum absolute atomic E-state index is 14.4. The Morgan fingerprint density at radius 2 is 1.73 bits per heavy atom. The first kappa shape index (κ1) is 39.9. The molecular formula is C36H51N9O6S. The van der Waals surface area contributed by atoms with Crippen molar-refractivity contribution in [2.24, 2.45) is 11.1 Å². The first-order chi connectivity index (χ1) is 24.3. The normalized spacial score (nSPS) is 17.4. The van der Waals surface area contributed by atoms with Crippen LogP contribution in [0.1, 0.15) is 81.6 Å². The van der Waals surface area contributed by atoms with Crippen LogP contribution in [0.2, 0.25) is 0 Å². The highest BCUT2D eigenvalue weighted by Crippen LogP contribution is 2.34. The summed E-state index contributed by atoms with van der Waals surface area (Å²) in [6.07, 6.45) is -0.0325. The lowest BCUT2D eigenvalue weighted by molar-refractivity contribution is -0.143. The van der Waals surface area contributed by atoms with Gasteiger partial charge in [-0.15, -0.1) is 11.3 Å². The molecule has 5 amide bonds. The number of Topliss-reactive ketones (excluding diaryl/α,β-unsaturated/α-hetero) is 1. The van der Waals surface area contributed by atoms with Crippen molar-refractivity contribution in [2.75, 3.05) is 11.9 Å². The molecule has 3 aromatic heterocycles. The Morgan fingerprint density at radius 3 is 2.35 bits per heavy atom. The lowest BCUT2D eigenvalue weighted by Crippen LogP contribution is -2.61. The van der Waals surface area contributed by atoms with Crippen molar-refractivity contribution in [1.29, 1.82) is 0 Å². The van der Waals surface area contributed by atoms with Crippen molar-refractivity contribution in [3.8, 4) is 17.4 Å². The molecule has 4 rings (SSSR count). The Hall–Kier alpha value is -4.86. The first-order valence-electron chi connectivity index (χ1n) is 17.5. The molecule has 52 heavy (non-hydrogen) atoms. The minimum absolute atomic E-state index is 0.0322. The average molecular weight is 738 g/mol. The molecule has 0 radical (unpaired) electrons. The average Bonchev–Trinajstić information content (AvgIpc) is 3.69. The van der Waals surface area contributed by atoms with E-state index < -0.39 is 64.7 Å². The maximum atomic E-state index is 14.4. The van der Waals surface area contributed by atoms with Gasteiger partial charge in [-0.3, -0.25) is 19.2 Å². The van der Waals surface area contributed by atoms with Crippen molar-refractivity contribution in [2.45, 2.75) is 117 Å². The van der Waals surface area contributed by atoms with E-state index in [4.69, 9.17) is 20.4 Å². The van der Waals surface area contributed by atoms with Gasteiger partial charge in [0.2, 0.25) is 23.5 Å². The number of hydrogen-bond acceptors (Lipinski definition) is 11. The van der Waals surface area contributed by atoms with Crippen LogP contribution in [0, 0.1) is 5.41 Å². The van der Waals surface area contributed by atoms with E-state index in [-0.39, 0.29) is 31.3 Å². The minimum atomic E-state index is -1.17. The van der Waals surface area contributed by atoms with Crippen LogP contribution < -0.4 is 31.7 Å². The number of hydrogen-bond donors (Lipinski definition) is 5. The number of nitrogens with zero attached hydrogens (tertiary/aromatic N) is 4. The third-order valence-electron chi connectivity index (χ3n) is 8.14. The number of urea groups is 1. The molecule has 282 valence electrons. The molecule has 0 spiro atoms. The summed E-state index contributed by atoms with van der Waals surface area (Å²) in [6, 6.07) is 3.65. The van der Waals surface area contributed by atoms with Gasteiger partial charge in [0.25, 0.3) is 5.91 Å². The third-order valence-corrected chi connectivity index (χ3v) is 9.04. The summed E-state index contributed by atoms with van der Waals surface area (Å²) in [5.74, 6) is -2.00. The number of aromatic nitrogens is 3. The molecule has 3 aromatic rings. The van der Waals surface area contributed by atoms with E-state index in [1.54, 1.807) is 13.0 Å². The van der Waals surface area contributed by atoms with Gasteiger partial charge in [0.05, 0.1) is 18.1 Å². The van der Waals surface area contributed by atoms with Crippen LogP contribution in [0.15, 0.2) is 29.6 Å². The van der Waals surface area contributed by atoms with Crippen LogP contribution >= 0.6 is 11.3 Å². The van der Waals surface area contributed by atoms with Crippen LogP contribution in [-0.2, 0) is 19.2 Å². The van der Waals surface area contributed by atoms with Gasteiger partial charge in [-0.25, -0.2) is 14.8 Å². The SMILES string of the molecule is CCC[C@H](NC(=O)[C@@H]1C[C@@H](Oc2nc(-c3cccc(NC(C)C)n3)nc3ccsc23)CN1C(=O)[C@@H](NC(=O)NC(C)(C)C)C(C)(C)C)C(=O)C(N)=O. The fraction of sp³-hybridized carbons (Fsp3) is 0.556. The number of nitrogens with one attached hydrogen (secondary N) is 4. The molecule has 0 aromatic carbocycles. The Morgan fingerprint density at radius 1 is 1.02 bits per heavy atom. The third kappa shape index (κ3) is 10.1. The van der Waals surface area contributed by atoms with Crippen molar-refractivity contribution >= 4 is 56.9 Å². The standard InChI is InChI=1S/C36H51N9O6S/c1-10-12-21(26(46)29(37)47)41-31(48)24-17-20(18-45(24)33(49)28(35(4,5)6)42-34(50)44-36(7,8)9)51-32-27-22(15-16-52-27)40-30(43-32)23-13-11-14-25(39-23)38-19(2)3/h11,13-16,19-21,24,28H,10,12,17-18H2,1-9H3,(H2,37,47)(H,38,39)(H,41,48)(H2,42,44,50)/t20-,21+,24+,28-/m1/s1. The number of ketones is 1. The van der Waals surface area contributed by atoms with E-state index in [9.17, 15) is 24.0 Å². The number of amides is 5. The summed E-state index contributed by atoms with van der Waals surface area (Å²) in [5.41, 5.74) is 5.12. The van der Waals surface area contributed by atoms with Gasteiger partial charge in [0.1, 0.15) is 34.4 Å². The Labute approximate surface area is 308 Å². The van der Waals surface area contributed by atoms with Gasteiger partial charge < -0.3 is 36.6 Å². The molecule has 4 heterocycles.